The highest BCUT2D eigenvalue weighted by atomic mass is 127. The zero-order valence-electron chi connectivity index (χ0n) is 12.5. The summed E-state index contributed by atoms with van der Waals surface area (Å²) in [5.74, 6) is 1.02. The maximum Gasteiger partial charge on any atom is 0.310 e. The minimum absolute atomic E-state index is 0.211. The highest BCUT2D eigenvalue weighted by Crippen LogP contribution is 2.27. The van der Waals surface area contributed by atoms with Crippen LogP contribution in [-0.2, 0) is 22.6 Å². The highest BCUT2D eigenvalue weighted by molar-refractivity contribution is 14.1. The molecule has 0 aliphatic rings. The van der Waals surface area contributed by atoms with Gasteiger partial charge in [0.1, 0.15) is 6.61 Å². The molecule has 5 heteroatoms. The van der Waals surface area contributed by atoms with E-state index in [2.05, 4.69) is 22.6 Å². The second-order valence-corrected chi connectivity index (χ2v) is 5.78. The second-order valence-electron chi connectivity index (χ2n) is 4.62. The lowest BCUT2D eigenvalue weighted by atomic mass is 10.1. The topological polar surface area (TPSA) is 44.8 Å². The summed E-state index contributed by atoms with van der Waals surface area (Å²) in [6, 6.07) is 13.2. The number of carbonyl (C=O) groups is 1. The molecule has 0 atom stereocenters. The van der Waals surface area contributed by atoms with Crippen LogP contribution < -0.4 is 9.47 Å². The Morgan fingerprint density at radius 3 is 2.45 bits per heavy atom. The smallest absolute Gasteiger partial charge is 0.310 e. The van der Waals surface area contributed by atoms with Gasteiger partial charge in [-0.25, -0.2) is 0 Å². The Hall–Kier alpha value is -1.76. The lowest BCUT2D eigenvalue weighted by Gasteiger charge is -2.10. The van der Waals surface area contributed by atoms with E-state index in [0.717, 1.165) is 14.7 Å². The molecule has 0 fully saturated rings. The van der Waals surface area contributed by atoms with E-state index < -0.39 is 0 Å². The molecule has 22 heavy (non-hydrogen) atoms. The Labute approximate surface area is 143 Å². The van der Waals surface area contributed by atoms with E-state index in [9.17, 15) is 4.79 Å². The zero-order valence-corrected chi connectivity index (χ0v) is 14.6. The zero-order chi connectivity index (χ0) is 15.9. The third-order valence-corrected chi connectivity index (χ3v) is 4.19. The largest absolute Gasteiger partial charge is 0.493 e. The molecule has 116 valence electrons. The number of hydrogen-bond donors (Lipinski definition) is 0. The van der Waals surface area contributed by atoms with Gasteiger partial charge in [-0.05, 0) is 51.9 Å². The van der Waals surface area contributed by atoms with Crippen molar-refractivity contribution in [2.75, 3.05) is 14.2 Å². The number of hydrogen-bond acceptors (Lipinski definition) is 4. The van der Waals surface area contributed by atoms with Crippen molar-refractivity contribution in [1.29, 1.82) is 0 Å². The molecule has 2 aromatic carbocycles. The van der Waals surface area contributed by atoms with Gasteiger partial charge in [-0.3, -0.25) is 4.79 Å². The van der Waals surface area contributed by atoms with Gasteiger partial charge in [-0.1, -0.05) is 24.3 Å². The number of esters is 1. The van der Waals surface area contributed by atoms with Crippen LogP contribution in [0.25, 0.3) is 0 Å². The van der Waals surface area contributed by atoms with E-state index in [1.807, 2.05) is 30.3 Å². The molecule has 0 saturated carbocycles. The number of methoxy groups -OCH3 is 2. The normalized spacial score (nSPS) is 10.1. The highest BCUT2D eigenvalue weighted by Gasteiger charge is 2.09. The molecule has 0 bridgehead atoms. The summed E-state index contributed by atoms with van der Waals surface area (Å²) in [6.07, 6.45) is 0.270. The van der Waals surface area contributed by atoms with Crippen molar-refractivity contribution in [2.24, 2.45) is 0 Å². The Kier molecular flexibility index (Phi) is 6.06. The van der Waals surface area contributed by atoms with E-state index in [4.69, 9.17) is 14.2 Å². The van der Waals surface area contributed by atoms with Crippen molar-refractivity contribution in [2.45, 2.75) is 13.0 Å². The third-order valence-electron chi connectivity index (χ3n) is 3.14. The fourth-order valence-electron chi connectivity index (χ4n) is 1.98. The van der Waals surface area contributed by atoms with E-state index >= 15 is 0 Å². The molecule has 2 rings (SSSR count). The second kappa shape index (κ2) is 8.03. The number of benzene rings is 2. The number of ether oxygens (including phenoxy) is 3. The van der Waals surface area contributed by atoms with E-state index in [0.29, 0.717) is 11.5 Å². The van der Waals surface area contributed by atoms with Gasteiger partial charge in [0, 0.05) is 3.57 Å². The van der Waals surface area contributed by atoms with Crippen molar-refractivity contribution in [1.82, 2.24) is 0 Å². The number of rotatable bonds is 6. The molecule has 0 aliphatic carbocycles. The lowest BCUT2D eigenvalue weighted by Crippen LogP contribution is -2.09. The van der Waals surface area contributed by atoms with Gasteiger partial charge in [-0.2, -0.15) is 0 Å². The van der Waals surface area contributed by atoms with Crippen LogP contribution in [0, 0.1) is 3.57 Å². The minimum atomic E-state index is -0.251. The molecule has 0 heterocycles. The van der Waals surface area contributed by atoms with Crippen LogP contribution in [0.4, 0.5) is 0 Å². The summed E-state index contributed by atoms with van der Waals surface area (Å²) in [6.45, 7) is 0.211. The SMILES string of the molecule is COc1ccc(COC(=O)Cc2ccccc2I)cc1OC. The van der Waals surface area contributed by atoms with Crippen LogP contribution in [0.3, 0.4) is 0 Å². The third kappa shape index (κ3) is 4.37. The molecule has 4 nitrogen and oxygen atoms in total. The average molecular weight is 412 g/mol. The molecule has 2 aromatic rings. The van der Waals surface area contributed by atoms with Crippen molar-refractivity contribution in [3.8, 4) is 11.5 Å². The van der Waals surface area contributed by atoms with Crippen LogP contribution in [0.2, 0.25) is 0 Å². The standard InChI is InChI=1S/C17H17IO4/c1-20-15-8-7-12(9-16(15)21-2)11-22-17(19)10-13-5-3-4-6-14(13)18/h3-9H,10-11H2,1-2H3. The van der Waals surface area contributed by atoms with Crippen LogP contribution in [0.15, 0.2) is 42.5 Å². The van der Waals surface area contributed by atoms with Crippen LogP contribution in [0.1, 0.15) is 11.1 Å². The van der Waals surface area contributed by atoms with Gasteiger partial charge in [0.15, 0.2) is 11.5 Å². The molecule has 0 amide bonds. The maximum absolute atomic E-state index is 11.9. The predicted octanol–water partition coefficient (Wildman–Crippen LogP) is 3.59. The quantitative estimate of drug-likeness (QED) is 0.538. The molecule has 0 radical (unpaired) electrons. The monoisotopic (exact) mass is 412 g/mol. The Balaban J connectivity index is 1.95. The van der Waals surface area contributed by atoms with Crippen LogP contribution in [-0.4, -0.2) is 20.2 Å². The molecule has 0 spiro atoms. The van der Waals surface area contributed by atoms with Crippen molar-refractivity contribution in [3.63, 3.8) is 0 Å². The summed E-state index contributed by atoms with van der Waals surface area (Å²) in [7, 11) is 3.16. The van der Waals surface area contributed by atoms with Crippen LogP contribution >= 0.6 is 22.6 Å². The maximum atomic E-state index is 11.9. The molecular weight excluding hydrogens is 395 g/mol. The Morgan fingerprint density at radius 2 is 1.77 bits per heavy atom. The molecular formula is C17H17IO4. The molecule has 0 N–H and O–H groups in total. The fourth-order valence-corrected chi connectivity index (χ4v) is 2.56. The van der Waals surface area contributed by atoms with E-state index in [1.54, 1.807) is 26.4 Å². The summed E-state index contributed by atoms with van der Waals surface area (Å²) in [5, 5.41) is 0. The van der Waals surface area contributed by atoms with Gasteiger partial charge in [0.05, 0.1) is 20.6 Å². The average Bonchev–Trinajstić information content (AvgIpc) is 2.54. The summed E-state index contributed by atoms with van der Waals surface area (Å²) in [4.78, 5) is 11.9. The van der Waals surface area contributed by atoms with Gasteiger partial charge < -0.3 is 14.2 Å². The summed E-state index contributed by atoms with van der Waals surface area (Å²) in [5.41, 5.74) is 1.83. The Morgan fingerprint density at radius 1 is 1.05 bits per heavy atom. The molecule has 0 aromatic heterocycles. The van der Waals surface area contributed by atoms with Gasteiger partial charge in [0.2, 0.25) is 0 Å². The van der Waals surface area contributed by atoms with Crippen molar-refractivity contribution >= 4 is 28.6 Å². The first-order chi connectivity index (χ1) is 10.6. The molecule has 0 saturated heterocycles. The first-order valence-electron chi connectivity index (χ1n) is 6.74. The van der Waals surface area contributed by atoms with Crippen molar-refractivity contribution < 1.29 is 19.0 Å². The Bertz CT molecular complexity index is 655. The van der Waals surface area contributed by atoms with Gasteiger partial charge in [0.25, 0.3) is 0 Å². The van der Waals surface area contributed by atoms with E-state index in [1.165, 1.54) is 0 Å². The lowest BCUT2D eigenvalue weighted by molar-refractivity contribution is -0.144. The first kappa shape index (κ1) is 16.6. The van der Waals surface area contributed by atoms with Gasteiger partial charge in [-0.15, -0.1) is 0 Å². The first-order valence-corrected chi connectivity index (χ1v) is 7.82. The molecule has 0 aliphatic heterocycles. The number of halogens is 1. The van der Waals surface area contributed by atoms with Crippen LogP contribution in [0.5, 0.6) is 11.5 Å². The molecule has 0 unspecified atom stereocenters. The fraction of sp³-hybridized carbons (Fsp3) is 0.235. The van der Waals surface area contributed by atoms with Crippen molar-refractivity contribution in [3.05, 3.63) is 57.2 Å². The minimum Gasteiger partial charge on any atom is -0.493 e. The summed E-state index contributed by atoms with van der Waals surface area (Å²) >= 11 is 2.21. The number of carbonyl (C=O) groups excluding carboxylic acids is 1. The van der Waals surface area contributed by atoms with Gasteiger partial charge >= 0.3 is 5.97 Å². The van der Waals surface area contributed by atoms with E-state index in [-0.39, 0.29) is 19.0 Å². The summed E-state index contributed by atoms with van der Waals surface area (Å²) < 4.78 is 16.8. The predicted molar refractivity (Wildman–Crippen MR) is 92.2 cm³/mol.